The highest BCUT2D eigenvalue weighted by molar-refractivity contribution is 5.95. The number of amides is 1. The number of carbonyl (C=O) groups is 1. The van der Waals surface area contributed by atoms with E-state index in [0.717, 1.165) is 25.7 Å². The molecule has 0 saturated heterocycles. The van der Waals surface area contributed by atoms with Crippen LogP contribution in [0.5, 0.6) is 5.75 Å². The van der Waals surface area contributed by atoms with Gasteiger partial charge >= 0.3 is 5.56 Å². The fourth-order valence-electron chi connectivity index (χ4n) is 4.61. The van der Waals surface area contributed by atoms with Crippen LogP contribution >= 0.6 is 0 Å². The van der Waals surface area contributed by atoms with Gasteiger partial charge in [-0.15, -0.1) is 0 Å². The van der Waals surface area contributed by atoms with Crippen LogP contribution in [0, 0.1) is 6.92 Å². The average molecular weight is 367 g/mol. The van der Waals surface area contributed by atoms with E-state index in [-0.39, 0.29) is 17.0 Å². The molecule has 1 aliphatic heterocycles. The number of aryl methyl sites for hydroxylation is 1. The Hall–Kier alpha value is -2.63. The lowest BCUT2D eigenvalue weighted by Gasteiger charge is -2.33. The van der Waals surface area contributed by atoms with Gasteiger partial charge in [0.2, 0.25) is 5.75 Å². The first kappa shape index (κ1) is 17.8. The smallest absolute Gasteiger partial charge is 0.315 e. The highest BCUT2D eigenvalue weighted by Crippen LogP contribution is 2.43. The van der Waals surface area contributed by atoms with E-state index in [1.165, 1.54) is 16.0 Å². The second-order valence-corrected chi connectivity index (χ2v) is 7.94. The number of aromatic hydroxyl groups is 1. The molecule has 1 aromatic carbocycles. The van der Waals surface area contributed by atoms with Crippen molar-refractivity contribution >= 4 is 5.91 Å². The van der Waals surface area contributed by atoms with Crippen molar-refractivity contribution in [3.63, 3.8) is 0 Å². The molecule has 1 fully saturated rings. The molecule has 6 nitrogen and oxygen atoms in total. The van der Waals surface area contributed by atoms with Crippen LogP contribution in [-0.2, 0) is 18.4 Å². The highest BCUT2D eigenvalue weighted by atomic mass is 16.3. The number of nitrogens with zero attached hydrogens (tertiary/aromatic N) is 3. The molecule has 1 N–H and O–H groups in total. The molecule has 1 aliphatic carbocycles. The van der Waals surface area contributed by atoms with Crippen molar-refractivity contribution < 1.29 is 9.90 Å². The maximum Gasteiger partial charge on any atom is 0.315 e. The fourth-order valence-corrected chi connectivity index (χ4v) is 4.61. The topological polar surface area (TPSA) is 75.4 Å². The van der Waals surface area contributed by atoms with Crippen molar-refractivity contribution in [2.24, 2.45) is 0 Å². The van der Waals surface area contributed by atoms with Crippen LogP contribution in [-0.4, -0.2) is 39.1 Å². The molecule has 1 amide bonds. The van der Waals surface area contributed by atoms with Crippen molar-refractivity contribution in [1.82, 2.24) is 14.5 Å². The third-order valence-electron chi connectivity index (χ3n) is 6.13. The quantitative estimate of drug-likeness (QED) is 0.904. The maximum absolute atomic E-state index is 12.6. The van der Waals surface area contributed by atoms with Gasteiger partial charge < -0.3 is 14.6 Å². The molecule has 27 heavy (non-hydrogen) atoms. The van der Waals surface area contributed by atoms with Gasteiger partial charge in [0.15, 0.2) is 5.69 Å². The summed E-state index contributed by atoms with van der Waals surface area (Å²) in [7, 11) is 1.68. The molecule has 142 valence electrons. The van der Waals surface area contributed by atoms with Crippen LogP contribution in [0.1, 0.15) is 53.1 Å². The lowest BCUT2D eigenvalue weighted by atomic mass is 9.75. The van der Waals surface area contributed by atoms with Crippen molar-refractivity contribution in [3.8, 4) is 5.75 Å². The van der Waals surface area contributed by atoms with Gasteiger partial charge in [-0.05, 0) is 25.3 Å². The van der Waals surface area contributed by atoms with Gasteiger partial charge in [0.1, 0.15) is 5.82 Å². The van der Waals surface area contributed by atoms with Crippen molar-refractivity contribution in [3.05, 3.63) is 57.3 Å². The van der Waals surface area contributed by atoms with Gasteiger partial charge in [-0.1, -0.05) is 42.7 Å². The number of hydrogen-bond donors (Lipinski definition) is 1. The molecule has 2 aliphatic rings. The Kier molecular flexibility index (Phi) is 4.29. The first-order valence-corrected chi connectivity index (χ1v) is 9.57. The van der Waals surface area contributed by atoms with Crippen molar-refractivity contribution in [2.45, 2.75) is 51.0 Å². The molecule has 0 bridgehead atoms. The Bertz CT molecular complexity index is 958. The molecule has 2 aromatic rings. The average Bonchev–Trinajstić information content (AvgIpc) is 3.11. The minimum absolute atomic E-state index is 0.0738. The van der Waals surface area contributed by atoms with E-state index in [0.29, 0.717) is 25.3 Å². The Morgan fingerprint density at radius 2 is 1.93 bits per heavy atom. The third-order valence-corrected chi connectivity index (χ3v) is 6.13. The predicted molar refractivity (Wildman–Crippen MR) is 102 cm³/mol. The van der Waals surface area contributed by atoms with Gasteiger partial charge in [0, 0.05) is 32.0 Å². The summed E-state index contributed by atoms with van der Waals surface area (Å²) in [6.07, 6.45) is 4.97. The molecule has 0 radical (unpaired) electrons. The molecule has 0 atom stereocenters. The number of aromatic nitrogens is 2. The van der Waals surface area contributed by atoms with E-state index in [2.05, 4.69) is 36.2 Å². The van der Waals surface area contributed by atoms with E-state index in [1.807, 2.05) is 0 Å². The highest BCUT2D eigenvalue weighted by Gasteiger charge is 2.38. The SMILES string of the molecule is Cc1cccc(C2(Cc3nc(=O)c(O)c4n3CCN(C)C4=O)CCCC2)c1. The first-order valence-electron chi connectivity index (χ1n) is 9.57. The minimum atomic E-state index is -0.711. The lowest BCUT2D eigenvalue weighted by molar-refractivity contribution is 0.0737. The minimum Gasteiger partial charge on any atom is -0.501 e. The Morgan fingerprint density at radius 3 is 2.63 bits per heavy atom. The molecule has 2 heterocycles. The van der Waals surface area contributed by atoms with E-state index in [9.17, 15) is 14.7 Å². The van der Waals surface area contributed by atoms with Crippen LogP contribution in [0.25, 0.3) is 0 Å². The molecule has 0 unspecified atom stereocenters. The summed E-state index contributed by atoms with van der Waals surface area (Å²) >= 11 is 0. The molecule has 1 saturated carbocycles. The third kappa shape index (κ3) is 2.93. The summed E-state index contributed by atoms with van der Waals surface area (Å²) in [5, 5.41) is 10.2. The molecule has 6 heteroatoms. The largest absolute Gasteiger partial charge is 0.501 e. The van der Waals surface area contributed by atoms with E-state index >= 15 is 0 Å². The zero-order valence-corrected chi connectivity index (χ0v) is 15.9. The summed E-state index contributed by atoms with van der Waals surface area (Å²) in [6, 6.07) is 8.55. The van der Waals surface area contributed by atoms with Crippen LogP contribution in [0.3, 0.4) is 0 Å². The second-order valence-electron chi connectivity index (χ2n) is 7.94. The van der Waals surface area contributed by atoms with Crippen molar-refractivity contribution in [1.29, 1.82) is 0 Å². The summed E-state index contributed by atoms with van der Waals surface area (Å²) in [5.41, 5.74) is 1.79. The number of rotatable bonds is 3. The van der Waals surface area contributed by atoms with Crippen LogP contribution in [0.15, 0.2) is 29.1 Å². The Morgan fingerprint density at radius 1 is 1.19 bits per heavy atom. The number of hydrogen-bond acceptors (Lipinski definition) is 4. The summed E-state index contributed by atoms with van der Waals surface area (Å²) < 4.78 is 1.76. The van der Waals surface area contributed by atoms with Crippen LogP contribution < -0.4 is 5.56 Å². The normalized spacial score (nSPS) is 18.6. The first-order chi connectivity index (χ1) is 12.9. The lowest BCUT2D eigenvalue weighted by Crippen LogP contribution is -2.42. The standard InChI is InChI=1S/C21H25N3O3/c1-14-6-5-7-15(12-14)21(8-3-4-9-21)13-16-22-19(26)18(25)17-20(27)23(2)10-11-24(16)17/h5-7,12,25H,3-4,8-11,13H2,1-2H3. The predicted octanol–water partition coefficient (Wildman–Crippen LogP) is 2.40. The summed E-state index contributed by atoms with van der Waals surface area (Å²) in [4.78, 5) is 30.6. The second kappa shape index (κ2) is 6.51. The molecular formula is C21H25N3O3. The molecule has 1 aromatic heterocycles. The summed E-state index contributed by atoms with van der Waals surface area (Å²) in [5.74, 6) is -0.250. The zero-order valence-electron chi connectivity index (χ0n) is 15.9. The Balaban J connectivity index is 1.83. The number of carbonyl (C=O) groups excluding carboxylic acids is 1. The zero-order chi connectivity index (χ0) is 19.2. The van der Waals surface area contributed by atoms with E-state index in [1.54, 1.807) is 11.6 Å². The molecule has 0 spiro atoms. The summed E-state index contributed by atoms with van der Waals surface area (Å²) in [6.45, 7) is 3.17. The van der Waals surface area contributed by atoms with Crippen LogP contribution in [0.4, 0.5) is 0 Å². The van der Waals surface area contributed by atoms with Gasteiger partial charge in [0.05, 0.1) is 0 Å². The number of benzene rings is 1. The van der Waals surface area contributed by atoms with Crippen molar-refractivity contribution in [2.75, 3.05) is 13.6 Å². The van der Waals surface area contributed by atoms with Gasteiger partial charge in [-0.2, -0.15) is 4.98 Å². The molecule has 4 rings (SSSR count). The van der Waals surface area contributed by atoms with E-state index < -0.39 is 11.3 Å². The maximum atomic E-state index is 12.6. The number of likely N-dealkylation sites (N-methyl/N-ethyl adjacent to an activating group) is 1. The Labute approximate surface area is 158 Å². The van der Waals surface area contributed by atoms with Gasteiger partial charge in [-0.25, -0.2) is 0 Å². The van der Waals surface area contributed by atoms with E-state index in [4.69, 9.17) is 0 Å². The number of fused-ring (bicyclic) bond motifs is 1. The molecular weight excluding hydrogens is 342 g/mol. The van der Waals surface area contributed by atoms with Gasteiger partial charge in [0.25, 0.3) is 5.91 Å². The monoisotopic (exact) mass is 367 g/mol. The fraction of sp³-hybridized carbons (Fsp3) is 0.476. The van der Waals surface area contributed by atoms with Crippen LogP contribution in [0.2, 0.25) is 0 Å². The van der Waals surface area contributed by atoms with Gasteiger partial charge in [-0.3, -0.25) is 9.59 Å².